The van der Waals surface area contributed by atoms with Gasteiger partial charge in [0.25, 0.3) is 21.2 Å². The fourth-order valence-electron chi connectivity index (χ4n) is 4.78. The molecule has 1 N–H and O–H groups in total. The van der Waals surface area contributed by atoms with Gasteiger partial charge in [-0.3, -0.25) is 4.79 Å². The first-order valence-electron chi connectivity index (χ1n) is 14.8. The molecule has 0 heterocycles. The van der Waals surface area contributed by atoms with Crippen molar-refractivity contribution in [2.75, 3.05) is 0 Å². The zero-order chi connectivity index (χ0) is 36.9. The van der Waals surface area contributed by atoms with Crippen LogP contribution in [0.3, 0.4) is 0 Å². The molecule has 18 nitrogen and oxygen atoms in total. The Morgan fingerprint density at radius 2 is 1.02 bits per heavy atom. The molecule has 4 rings (SSSR count). The van der Waals surface area contributed by atoms with Crippen LogP contribution in [0.15, 0.2) is 91.0 Å². The van der Waals surface area contributed by atoms with Crippen LogP contribution in [0.4, 0.5) is 0 Å². The zero-order valence-electron chi connectivity index (χ0n) is 26.6. The Bertz CT molecular complexity index is 1950. The van der Waals surface area contributed by atoms with Crippen molar-refractivity contribution in [1.29, 1.82) is 0 Å². The summed E-state index contributed by atoms with van der Waals surface area (Å²) in [4.78, 5) is 85.1. The number of benzene rings is 4. The van der Waals surface area contributed by atoms with Gasteiger partial charge in [-0.2, -0.15) is 0 Å². The summed E-state index contributed by atoms with van der Waals surface area (Å²) >= 11 is 0. The van der Waals surface area contributed by atoms with Crippen molar-refractivity contribution in [3.63, 3.8) is 0 Å². The molecule has 0 aliphatic rings. The Morgan fingerprint density at radius 1 is 0.608 bits per heavy atom. The molecule has 0 bridgehead atoms. The predicted octanol–water partition coefficient (Wildman–Crippen LogP) is 4.61. The Balaban J connectivity index is 1.60. The quantitative estimate of drug-likeness (QED) is 0.0683. The summed E-state index contributed by atoms with van der Waals surface area (Å²) in [5.41, 5.74) is 1.08. The Kier molecular flexibility index (Phi) is 12.5. The first-order chi connectivity index (χ1) is 24.4. The van der Waals surface area contributed by atoms with Crippen molar-refractivity contribution in [3.05, 3.63) is 160 Å². The highest BCUT2D eigenvalue weighted by Crippen LogP contribution is 2.31. The number of hydrogen-bond donors (Lipinski definition) is 1. The second kappa shape index (κ2) is 17.3. The molecule has 0 radical (unpaired) electrons. The topological polar surface area (TPSA) is 239 Å². The van der Waals surface area contributed by atoms with Crippen molar-refractivity contribution in [2.24, 2.45) is 0 Å². The van der Waals surface area contributed by atoms with E-state index in [1.807, 2.05) is 0 Å². The standard InChI is InChI=1S/C33H28N4O14/c1-21(34-31(38)26-11-5-2-8-23(26)18-47-35(41)42)16-22-14-15-29(50-32(39)27-12-6-3-9-24(27)19-48-36(43)44)30(17-22)51-33(40)28-13-7-4-10-25(28)20-49-37(45)46/h2-15,17,21H,16,18-20H2,1H3,(H,34,38). The molecular formula is C33H28N4O14. The van der Waals surface area contributed by atoms with E-state index in [-0.39, 0.29) is 51.3 Å². The molecule has 0 spiro atoms. The summed E-state index contributed by atoms with van der Waals surface area (Å²) in [6.07, 6.45) is 0.159. The summed E-state index contributed by atoms with van der Waals surface area (Å²) in [5, 5.41) is 32.0. The second-order valence-electron chi connectivity index (χ2n) is 10.6. The van der Waals surface area contributed by atoms with Gasteiger partial charge in [0.2, 0.25) is 0 Å². The number of nitrogens with zero attached hydrogens (tertiary/aromatic N) is 3. The minimum absolute atomic E-state index is 0.0665. The van der Waals surface area contributed by atoms with Crippen LogP contribution in [0.25, 0.3) is 0 Å². The number of esters is 2. The lowest BCUT2D eigenvalue weighted by atomic mass is 10.0. The van der Waals surface area contributed by atoms with Crippen LogP contribution in [-0.2, 0) is 40.8 Å². The summed E-state index contributed by atoms with van der Waals surface area (Å²) in [6, 6.07) is 21.6. The van der Waals surface area contributed by atoms with Gasteiger partial charge in [0.05, 0.1) is 11.1 Å². The number of hydrogen-bond acceptors (Lipinski definition) is 14. The Hall–Kier alpha value is -7.11. The number of carbonyl (C=O) groups is 3. The minimum Gasteiger partial charge on any atom is -0.419 e. The van der Waals surface area contributed by atoms with E-state index < -0.39 is 59.0 Å². The van der Waals surface area contributed by atoms with Crippen LogP contribution in [0, 0.1) is 30.3 Å². The second-order valence-corrected chi connectivity index (χ2v) is 10.6. The summed E-state index contributed by atoms with van der Waals surface area (Å²) in [5.74, 6) is -2.92. The molecule has 51 heavy (non-hydrogen) atoms. The minimum atomic E-state index is -1.02. The average molecular weight is 705 g/mol. The zero-order valence-corrected chi connectivity index (χ0v) is 26.6. The largest absolute Gasteiger partial charge is 0.419 e. The first kappa shape index (κ1) is 36.7. The maximum atomic E-state index is 13.4. The van der Waals surface area contributed by atoms with Gasteiger partial charge in [-0.05, 0) is 65.9 Å². The van der Waals surface area contributed by atoms with Gasteiger partial charge in [0, 0.05) is 11.6 Å². The van der Waals surface area contributed by atoms with E-state index >= 15 is 0 Å². The number of carbonyl (C=O) groups excluding carboxylic acids is 3. The lowest BCUT2D eigenvalue weighted by Gasteiger charge is -2.18. The van der Waals surface area contributed by atoms with Gasteiger partial charge >= 0.3 is 11.9 Å². The average Bonchev–Trinajstić information content (AvgIpc) is 3.10. The molecule has 0 fully saturated rings. The lowest BCUT2D eigenvalue weighted by molar-refractivity contribution is -0.763. The van der Waals surface area contributed by atoms with Gasteiger partial charge in [0.15, 0.2) is 11.5 Å². The SMILES string of the molecule is CC(Cc1ccc(OC(=O)c2ccccc2CO[N+](=O)[O-])c(OC(=O)c2ccccc2CO[N+](=O)[O-])c1)NC(=O)c1ccccc1CO[N+](=O)[O-]. The molecule has 0 saturated carbocycles. The smallest absolute Gasteiger partial charge is 0.344 e. The maximum absolute atomic E-state index is 13.4. The molecular weight excluding hydrogens is 676 g/mol. The molecule has 0 saturated heterocycles. The van der Waals surface area contributed by atoms with Gasteiger partial charge in [0.1, 0.15) is 19.8 Å². The summed E-state index contributed by atoms with van der Waals surface area (Å²) in [7, 11) is 0. The normalized spacial score (nSPS) is 11.0. The van der Waals surface area contributed by atoms with Gasteiger partial charge < -0.3 is 29.3 Å². The number of amides is 1. The van der Waals surface area contributed by atoms with E-state index in [1.165, 1.54) is 72.8 Å². The molecule has 1 unspecified atom stereocenters. The van der Waals surface area contributed by atoms with E-state index in [4.69, 9.17) is 9.47 Å². The van der Waals surface area contributed by atoms with Crippen LogP contribution in [-0.4, -0.2) is 39.1 Å². The number of ether oxygens (including phenoxy) is 2. The van der Waals surface area contributed by atoms with Gasteiger partial charge in [-0.1, -0.05) is 60.7 Å². The van der Waals surface area contributed by atoms with Crippen LogP contribution in [0.1, 0.15) is 60.3 Å². The highest BCUT2D eigenvalue weighted by atomic mass is 17.0. The third-order valence-electron chi connectivity index (χ3n) is 7.05. The molecule has 0 aliphatic carbocycles. The first-order valence-corrected chi connectivity index (χ1v) is 14.8. The van der Waals surface area contributed by atoms with Crippen molar-refractivity contribution >= 4 is 17.8 Å². The van der Waals surface area contributed by atoms with E-state index in [9.17, 15) is 44.7 Å². The van der Waals surface area contributed by atoms with Crippen LogP contribution in [0.2, 0.25) is 0 Å². The monoisotopic (exact) mass is 704 g/mol. The van der Waals surface area contributed by atoms with Crippen LogP contribution in [0.5, 0.6) is 11.5 Å². The van der Waals surface area contributed by atoms with Gasteiger partial charge in [-0.25, -0.2) is 9.59 Å². The van der Waals surface area contributed by atoms with Crippen molar-refractivity contribution in [3.8, 4) is 11.5 Å². The third kappa shape index (κ3) is 10.7. The van der Waals surface area contributed by atoms with Crippen molar-refractivity contribution < 1.29 is 53.6 Å². The van der Waals surface area contributed by atoms with Gasteiger partial charge in [-0.15, -0.1) is 30.3 Å². The molecule has 0 aromatic heterocycles. The highest BCUT2D eigenvalue weighted by molar-refractivity contribution is 5.96. The molecule has 264 valence electrons. The summed E-state index contributed by atoms with van der Waals surface area (Å²) < 4.78 is 11.2. The fourth-order valence-corrected chi connectivity index (χ4v) is 4.78. The number of rotatable bonds is 17. The molecule has 4 aromatic carbocycles. The Labute approximate surface area is 287 Å². The number of nitrogens with one attached hydrogen (secondary N) is 1. The van der Waals surface area contributed by atoms with E-state index in [2.05, 4.69) is 19.8 Å². The lowest BCUT2D eigenvalue weighted by Crippen LogP contribution is -2.34. The van der Waals surface area contributed by atoms with E-state index in [0.29, 0.717) is 5.56 Å². The van der Waals surface area contributed by atoms with E-state index in [0.717, 1.165) is 0 Å². The molecule has 1 amide bonds. The third-order valence-corrected chi connectivity index (χ3v) is 7.05. The van der Waals surface area contributed by atoms with Crippen LogP contribution >= 0.6 is 0 Å². The molecule has 4 aromatic rings. The Morgan fingerprint density at radius 3 is 1.49 bits per heavy atom. The molecule has 1 atom stereocenters. The predicted molar refractivity (Wildman–Crippen MR) is 172 cm³/mol. The highest BCUT2D eigenvalue weighted by Gasteiger charge is 2.22. The molecule has 18 heteroatoms. The maximum Gasteiger partial charge on any atom is 0.344 e. The van der Waals surface area contributed by atoms with E-state index in [1.54, 1.807) is 25.1 Å². The van der Waals surface area contributed by atoms with Crippen LogP contribution < -0.4 is 14.8 Å². The molecule has 0 aliphatic heterocycles. The summed E-state index contributed by atoms with van der Waals surface area (Å²) in [6.45, 7) is 0.151. The fraction of sp³-hybridized carbons (Fsp3) is 0.182. The van der Waals surface area contributed by atoms with Crippen molar-refractivity contribution in [2.45, 2.75) is 39.2 Å². The van der Waals surface area contributed by atoms with Crippen molar-refractivity contribution in [1.82, 2.24) is 5.32 Å².